The van der Waals surface area contributed by atoms with Crippen molar-refractivity contribution in [1.82, 2.24) is 15.3 Å². The third kappa shape index (κ3) is 7.40. The molecule has 8 heteroatoms. The number of nitrogens with zero attached hydrogens (tertiary/aromatic N) is 1. The van der Waals surface area contributed by atoms with Crippen LogP contribution in [0.2, 0.25) is 0 Å². The Labute approximate surface area is 169 Å². The number of carbonyl (C=O) groups is 3. The van der Waals surface area contributed by atoms with Crippen LogP contribution in [0.5, 0.6) is 0 Å². The van der Waals surface area contributed by atoms with Gasteiger partial charge >= 0.3 is 11.9 Å². The molecule has 0 saturated heterocycles. The van der Waals surface area contributed by atoms with Gasteiger partial charge in [0.2, 0.25) is 5.91 Å². The number of nitrogens with one attached hydrogen (secondary N) is 2. The summed E-state index contributed by atoms with van der Waals surface area (Å²) in [5, 5.41) is 17.9. The van der Waals surface area contributed by atoms with E-state index >= 15 is 0 Å². The highest BCUT2D eigenvalue weighted by Gasteiger charge is 2.30. The van der Waals surface area contributed by atoms with Crippen LogP contribution in [0.4, 0.5) is 0 Å². The SMILES string of the molecule is O=C(NCCc1ncc[nH]1)C(c1ccccc1)C1CCCCC1.O=C(O)C(=O)O. The van der Waals surface area contributed by atoms with Crippen molar-refractivity contribution < 1.29 is 24.6 Å². The second kappa shape index (κ2) is 11.6. The Balaban J connectivity index is 0.000000438. The Bertz CT molecular complexity index is 759. The molecule has 1 amide bonds. The molecule has 0 radical (unpaired) electrons. The molecule has 1 aromatic carbocycles. The molecule has 0 aliphatic heterocycles. The van der Waals surface area contributed by atoms with E-state index in [1.165, 1.54) is 19.3 Å². The van der Waals surface area contributed by atoms with Gasteiger partial charge in [0.1, 0.15) is 5.82 Å². The Morgan fingerprint density at radius 3 is 2.28 bits per heavy atom. The molecule has 1 fully saturated rings. The monoisotopic (exact) mass is 401 g/mol. The van der Waals surface area contributed by atoms with Gasteiger partial charge in [0.05, 0.1) is 5.92 Å². The van der Waals surface area contributed by atoms with Gasteiger partial charge in [-0.05, 0) is 24.3 Å². The molecule has 1 aliphatic carbocycles. The summed E-state index contributed by atoms with van der Waals surface area (Å²) in [6, 6.07) is 10.2. The average molecular weight is 401 g/mol. The highest BCUT2D eigenvalue weighted by molar-refractivity contribution is 6.27. The molecule has 0 bridgehead atoms. The Morgan fingerprint density at radius 2 is 1.72 bits per heavy atom. The maximum atomic E-state index is 12.8. The van der Waals surface area contributed by atoms with Crippen molar-refractivity contribution in [2.45, 2.75) is 44.4 Å². The van der Waals surface area contributed by atoms with Crippen LogP contribution < -0.4 is 5.32 Å². The molecule has 8 nitrogen and oxygen atoms in total. The first-order valence-electron chi connectivity index (χ1n) is 9.76. The van der Waals surface area contributed by atoms with Gasteiger partial charge in [-0.2, -0.15) is 0 Å². The second-order valence-corrected chi connectivity index (χ2v) is 6.97. The fourth-order valence-corrected chi connectivity index (χ4v) is 3.61. The number of benzene rings is 1. The van der Waals surface area contributed by atoms with Crippen LogP contribution in [-0.2, 0) is 20.8 Å². The van der Waals surface area contributed by atoms with Gasteiger partial charge in [-0.3, -0.25) is 4.79 Å². The number of imidazole rings is 1. The molecule has 1 aliphatic rings. The zero-order valence-corrected chi connectivity index (χ0v) is 16.2. The van der Waals surface area contributed by atoms with E-state index in [1.54, 1.807) is 6.20 Å². The molecule has 3 rings (SSSR count). The van der Waals surface area contributed by atoms with Gasteiger partial charge in [0.25, 0.3) is 0 Å². The highest BCUT2D eigenvalue weighted by atomic mass is 16.4. The van der Waals surface area contributed by atoms with Gasteiger partial charge in [-0.25, -0.2) is 14.6 Å². The van der Waals surface area contributed by atoms with Crippen LogP contribution in [0.3, 0.4) is 0 Å². The number of aromatic amines is 1. The predicted octanol–water partition coefficient (Wildman–Crippen LogP) is 2.59. The smallest absolute Gasteiger partial charge is 0.414 e. The molecule has 29 heavy (non-hydrogen) atoms. The lowest BCUT2D eigenvalue weighted by Gasteiger charge is -2.29. The van der Waals surface area contributed by atoms with E-state index in [0.717, 1.165) is 30.7 Å². The number of amides is 1. The maximum Gasteiger partial charge on any atom is 0.414 e. The van der Waals surface area contributed by atoms with Gasteiger partial charge in [0, 0.05) is 25.4 Å². The van der Waals surface area contributed by atoms with E-state index in [9.17, 15) is 4.79 Å². The fourth-order valence-electron chi connectivity index (χ4n) is 3.61. The summed E-state index contributed by atoms with van der Waals surface area (Å²) in [4.78, 5) is 38.3. The molecular weight excluding hydrogens is 374 g/mol. The van der Waals surface area contributed by atoms with Crippen LogP contribution in [0.1, 0.15) is 49.4 Å². The minimum absolute atomic E-state index is 0.0203. The van der Waals surface area contributed by atoms with Crippen molar-refractivity contribution in [3.05, 3.63) is 54.1 Å². The zero-order valence-electron chi connectivity index (χ0n) is 16.2. The van der Waals surface area contributed by atoms with Crippen LogP contribution in [0.15, 0.2) is 42.7 Å². The van der Waals surface area contributed by atoms with Crippen molar-refractivity contribution in [3.63, 3.8) is 0 Å². The van der Waals surface area contributed by atoms with E-state index < -0.39 is 11.9 Å². The zero-order chi connectivity index (χ0) is 21.1. The first-order chi connectivity index (χ1) is 14.0. The summed E-state index contributed by atoms with van der Waals surface area (Å²) in [6.45, 7) is 0.627. The summed E-state index contributed by atoms with van der Waals surface area (Å²) in [6.07, 6.45) is 10.4. The molecule has 4 N–H and O–H groups in total. The van der Waals surface area contributed by atoms with E-state index in [2.05, 4.69) is 27.4 Å². The van der Waals surface area contributed by atoms with Crippen LogP contribution >= 0.6 is 0 Å². The number of H-pyrrole nitrogens is 1. The second-order valence-electron chi connectivity index (χ2n) is 6.97. The number of hydrogen-bond acceptors (Lipinski definition) is 4. The molecule has 1 aromatic heterocycles. The van der Waals surface area contributed by atoms with Crippen molar-refractivity contribution in [3.8, 4) is 0 Å². The fraction of sp³-hybridized carbons (Fsp3) is 0.429. The first kappa shape index (κ1) is 22.1. The third-order valence-corrected chi connectivity index (χ3v) is 4.96. The molecule has 1 heterocycles. The highest BCUT2D eigenvalue weighted by Crippen LogP contribution is 2.36. The summed E-state index contributed by atoms with van der Waals surface area (Å²) >= 11 is 0. The maximum absolute atomic E-state index is 12.8. The van der Waals surface area contributed by atoms with Crippen molar-refractivity contribution in [2.75, 3.05) is 6.54 Å². The van der Waals surface area contributed by atoms with Crippen LogP contribution in [0, 0.1) is 5.92 Å². The number of carboxylic acids is 2. The first-order valence-corrected chi connectivity index (χ1v) is 9.76. The lowest BCUT2D eigenvalue weighted by atomic mass is 9.76. The van der Waals surface area contributed by atoms with Gasteiger partial charge in [0.15, 0.2) is 0 Å². The minimum atomic E-state index is -1.82. The van der Waals surface area contributed by atoms with E-state index in [0.29, 0.717) is 12.5 Å². The molecule has 1 atom stereocenters. The standard InChI is InChI=1S/C19H25N3O.C2H2O4/c23-19(22-12-11-17-20-13-14-21-17)18(15-7-3-1-4-8-15)16-9-5-2-6-10-16;3-1(4)2(5)6/h1,3-4,7-8,13-14,16,18H,2,5-6,9-12H2,(H,20,21)(H,22,23);(H,3,4)(H,5,6). The summed E-state index contributed by atoms with van der Waals surface area (Å²) in [5.41, 5.74) is 1.15. The topological polar surface area (TPSA) is 132 Å². The number of carbonyl (C=O) groups excluding carboxylic acids is 1. The number of carboxylic acid groups (broad SMARTS) is 2. The summed E-state index contributed by atoms with van der Waals surface area (Å²) in [7, 11) is 0. The lowest BCUT2D eigenvalue weighted by Crippen LogP contribution is -2.35. The summed E-state index contributed by atoms with van der Waals surface area (Å²) < 4.78 is 0. The van der Waals surface area contributed by atoms with Crippen LogP contribution in [0.25, 0.3) is 0 Å². The number of rotatable bonds is 6. The lowest BCUT2D eigenvalue weighted by molar-refractivity contribution is -0.159. The molecule has 2 aromatic rings. The van der Waals surface area contributed by atoms with E-state index in [-0.39, 0.29) is 11.8 Å². The molecule has 1 saturated carbocycles. The van der Waals surface area contributed by atoms with Crippen molar-refractivity contribution >= 4 is 17.8 Å². The predicted molar refractivity (Wildman–Crippen MR) is 106 cm³/mol. The average Bonchev–Trinajstić information content (AvgIpc) is 3.24. The van der Waals surface area contributed by atoms with Crippen molar-refractivity contribution in [2.24, 2.45) is 5.92 Å². The van der Waals surface area contributed by atoms with Gasteiger partial charge < -0.3 is 20.5 Å². The third-order valence-electron chi connectivity index (χ3n) is 4.96. The Hall–Kier alpha value is -3.16. The Kier molecular flexibility index (Phi) is 8.88. The molecule has 156 valence electrons. The summed E-state index contributed by atoms with van der Waals surface area (Å²) in [5.74, 6) is -2.12. The largest absolute Gasteiger partial charge is 0.473 e. The van der Waals surface area contributed by atoms with E-state index in [4.69, 9.17) is 19.8 Å². The Morgan fingerprint density at radius 1 is 1.07 bits per heavy atom. The number of hydrogen-bond donors (Lipinski definition) is 4. The number of aliphatic carboxylic acids is 2. The molecule has 0 spiro atoms. The van der Waals surface area contributed by atoms with Gasteiger partial charge in [-0.1, -0.05) is 49.6 Å². The molecular formula is C21H27N3O5. The van der Waals surface area contributed by atoms with E-state index in [1.807, 2.05) is 24.4 Å². The van der Waals surface area contributed by atoms with Crippen LogP contribution in [-0.4, -0.2) is 44.6 Å². The normalized spacial score (nSPS) is 14.9. The van der Waals surface area contributed by atoms with Crippen molar-refractivity contribution in [1.29, 1.82) is 0 Å². The molecule has 1 unspecified atom stereocenters. The number of aromatic nitrogens is 2. The quantitative estimate of drug-likeness (QED) is 0.550. The minimum Gasteiger partial charge on any atom is -0.473 e. The van der Waals surface area contributed by atoms with Gasteiger partial charge in [-0.15, -0.1) is 0 Å².